The predicted molar refractivity (Wildman–Crippen MR) is 240 cm³/mol. The van der Waals surface area contributed by atoms with Crippen LogP contribution in [0.25, 0.3) is 22.3 Å². The van der Waals surface area contributed by atoms with Gasteiger partial charge in [-0.15, -0.1) is 0 Å². The van der Waals surface area contributed by atoms with Crippen LogP contribution < -0.4 is 14.8 Å². The SMILES string of the molecule is CN(C)C(=O)c1cc(-c2ccc(F)cc2F)ccc1OC(=O)CCCCC1CCSS1.CNC(=O)c1cc(-c2ccc(F)cc2F)ccc1OC(=O)CCCCC1CCSS1. The van der Waals surface area contributed by atoms with Crippen molar-refractivity contribution in [3.05, 3.63) is 107 Å². The molecule has 326 valence electrons. The van der Waals surface area contributed by atoms with Crippen LogP contribution >= 0.6 is 43.2 Å². The maximum absolute atomic E-state index is 14.2. The molecule has 4 aromatic rings. The number of rotatable bonds is 16. The molecule has 0 aromatic heterocycles. The van der Waals surface area contributed by atoms with Gasteiger partial charge in [0.1, 0.15) is 34.8 Å². The number of nitrogens with one attached hydrogen (secondary N) is 1. The highest BCUT2D eigenvalue weighted by molar-refractivity contribution is 8.77. The van der Waals surface area contributed by atoms with E-state index in [4.69, 9.17) is 9.47 Å². The highest BCUT2D eigenvalue weighted by Crippen LogP contribution is 2.41. The molecule has 2 saturated heterocycles. The lowest BCUT2D eigenvalue weighted by Gasteiger charge is -2.16. The van der Waals surface area contributed by atoms with E-state index in [1.165, 1.54) is 72.7 Å². The van der Waals surface area contributed by atoms with E-state index in [2.05, 4.69) is 5.32 Å². The van der Waals surface area contributed by atoms with E-state index in [1.807, 2.05) is 43.2 Å². The van der Waals surface area contributed by atoms with Crippen molar-refractivity contribution in [3.63, 3.8) is 0 Å². The van der Waals surface area contributed by atoms with Crippen LogP contribution in [-0.4, -0.2) is 71.8 Å². The summed E-state index contributed by atoms with van der Waals surface area (Å²) in [5, 5.41) is 3.84. The van der Waals surface area contributed by atoms with E-state index in [1.54, 1.807) is 26.2 Å². The van der Waals surface area contributed by atoms with Gasteiger partial charge in [0.15, 0.2) is 0 Å². The lowest BCUT2D eigenvalue weighted by Crippen LogP contribution is -2.23. The van der Waals surface area contributed by atoms with E-state index in [0.717, 1.165) is 62.8 Å². The van der Waals surface area contributed by atoms with Crippen molar-refractivity contribution in [3.8, 4) is 33.8 Å². The Labute approximate surface area is 369 Å². The first-order chi connectivity index (χ1) is 29.3. The monoisotopic (exact) mass is 916 g/mol. The van der Waals surface area contributed by atoms with Crippen LogP contribution in [-0.2, 0) is 9.59 Å². The predicted octanol–water partition coefficient (Wildman–Crippen LogP) is 11.6. The molecule has 16 heteroatoms. The highest BCUT2D eigenvalue weighted by Gasteiger charge is 2.22. The number of halogens is 4. The maximum Gasteiger partial charge on any atom is 0.311 e. The van der Waals surface area contributed by atoms with Crippen molar-refractivity contribution in [2.24, 2.45) is 0 Å². The van der Waals surface area contributed by atoms with E-state index in [0.29, 0.717) is 21.6 Å². The van der Waals surface area contributed by atoms with Crippen LogP contribution in [0, 0.1) is 23.3 Å². The average molecular weight is 917 g/mol. The fourth-order valence-corrected chi connectivity index (χ4v) is 12.6. The van der Waals surface area contributed by atoms with Gasteiger partial charge >= 0.3 is 11.9 Å². The second kappa shape index (κ2) is 23.9. The van der Waals surface area contributed by atoms with Gasteiger partial charge in [-0.3, -0.25) is 19.2 Å². The smallest absolute Gasteiger partial charge is 0.311 e. The van der Waals surface area contributed by atoms with Gasteiger partial charge in [-0.25, -0.2) is 17.6 Å². The molecule has 4 aromatic carbocycles. The second-order valence-electron chi connectivity index (χ2n) is 14.5. The summed E-state index contributed by atoms with van der Waals surface area (Å²) in [5.74, 6) is -1.83. The Bertz CT molecular complexity index is 2170. The number of nitrogens with zero attached hydrogens (tertiary/aromatic N) is 1. The summed E-state index contributed by atoms with van der Waals surface area (Å²) < 4.78 is 65.6. The van der Waals surface area contributed by atoms with Crippen molar-refractivity contribution < 1.29 is 46.2 Å². The average Bonchev–Trinajstić information content (AvgIpc) is 3.97. The first-order valence-electron chi connectivity index (χ1n) is 19.9. The van der Waals surface area contributed by atoms with E-state index in [-0.39, 0.29) is 52.5 Å². The molecule has 0 spiro atoms. The lowest BCUT2D eigenvalue weighted by molar-refractivity contribution is -0.135. The number of ether oxygens (including phenoxy) is 2. The topological polar surface area (TPSA) is 102 Å². The Morgan fingerprint density at radius 1 is 0.639 bits per heavy atom. The number of carbonyl (C=O) groups excluding carboxylic acids is 4. The van der Waals surface area contributed by atoms with Crippen molar-refractivity contribution >= 4 is 66.9 Å². The van der Waals surface area contributed by atoms with Gasteiger partial charge in [-0.2, -0.15) is 0 Å². The second-order valence-corrected chi connectivity index (χ2v) is 20.1. The van der Waals surface area contributed by atoms with Crippen LogP contribution in [0.15, 0.2) is 72.8 Å². The van der Waals surface area contributed by atoms with Gasteiger partial charge in [0.05, 0.1) is 11.1 Å². The van der Waals surface area contributed by atoms with Gasteiger partial charge in [-0.05, 0) is 98.2 Å². The number of benzene rings is 4. The Hall–Kier alpha value is -4.12. The molecule has 61 heavy (non-hydrogen) atoms. The van der Waals surface area contributed by atoms with Gasteiger partial charge in [-0.1, -0.05) is 68.1 Å². The molecule has 8 nitrogen and oxygen atoms in total. The third-order valence-electron chi connectivity index (χ3n) is 9.77. The summed E-state index contributed by atoms with van der Waals surface area (Å²) in [4.78, 5) is 50.9. The number of hydrogen-bond acceptors (Lipinski definition) is 10. The lowest BCUT2D eigenvalue weighted by atomic mass is 10.0. The van der Waals surface area contributed by atoms with Crippen molar-refractivity contribution in [2.45, 2.75) is 74.7 Å². The number of carbonyl (C=O) groups is 4. The zero-order valence-electron chi connectivity index (χ0n) is 34.1. The first-order valence-corrected chi connectivity index (χ1v) is 24.7. The summed E-state index contributed by atoms with van der Waals surface area (Å²) >= 11 is 0. The molecule has 2 atom stereocenters. The van der Waals surface area contributed by atoms with Crippen LogP contribution in [0.4, 0.5) is 17.6 Å². The molecule has 6 rings (SSSR count). The fraction of sp³-hybridized carbons (Fsp3) is 0.378. The number of esters is 2. The zero-order valence-corrected chi connectivity index (χ0v) is 37.4. The molecule has 0 saturated carbocycles. The summed E-state index contributed by atoms with van der Waals surface area (Å²) in [6.07, 6.45) is 8.54. The van der Waals surface area contributed by atoms with Crippen molar-refractivity contribution in [1.29, 1.82) is 0 Å². The number of hydrogen-bond donors (Lipinski definition) is 1. The minimum Gasteiger partial charge on any atom is -0.426 e. The molecule has 2 heterocycles. The third-order valence-corrected chi connectivity index (χ3v) is 15.8. The van der Waals surface area contributed by atoms with E-state index in [9.17, 15) is 36.7 Å². The minimum absolute atomic E-state index is 0.117. The van der Waals surface area contributed by atoms with Gasteiger partial charge in [0, 0.05) is 79.2 Å². The summed E-state index contributed by atoms with van der Waals surface area (Å²) in [6, 6.07) is 15.5. The molecular formula is C45H48F4N2O6S4. The van der Waals surface area contributed by atoms with E-state index < -0.39 is 41.1 Å². The highest BCUT2D eigenvalue weighted by atomic mass is 33.1. The minimum atomic E-state index is -0.735. The van der Waals surface area contributed by atoms with Crippen molar-refractivity contribution in [1.82, 2.24) is 10.2 Å². The maximum atomic E-state index is 14.2. The molecule has 0 radical (unpaired) electrons. The molecular weight excluding hydrogens is 869 g/mol. The van der Waals surface area contributed by atoms with Crippen LogP contribution in [0.2, 0.25) is 0 Å². The molecule has 2 fully saturated rings. The number of unbranched alkanes of at least 4 members (excludes halogenated alkanes) is 2. The Kier molecular flexibility index (Phi) is 18.8. The van der Waals surface area contributed by atoms with Gasteiger partial charge in [0.2, 0.25) is 0 Å². The fourth-order valence-electron chi connectivity index (χ4n) is 6.50. The third kappa shape index (κ3) is 14.5. The normalized spacial score (nSPS) is 15.7. The molecule has 0 bridgehead atoms. The van der Waals surface area contributed by atoms with Crippen LogP contribution in [0.5, 0.6) is 11.5 Å². The molecule has 0 aliphatic carbocycles. The van der Waals surface area contributed by atoms with Gasteiger partial charge in [0.25, 0.3) is 11.8 Å². The van der Waals surface area contributed by atoms with Crippen LogP contribution in [0.3, 0.4) is 0 Å². The van der Waals surface area contributed by atoms with Crippen molar-refractivity contribution in [2.75, 3.05) is 32.6 Å². The molecule has 2 amide bonds. The Morgan fingerprint density at radius 2 is 1.10 bits per heavy atom. The summed E-state index contributed by atoms with van der Waals surface area (Å²) in [6.45, 7) is 0. The van der Waals surface area contributed by atoms with Crippen LogP contribution in [0.1, 0.15) is 84.9 Å². The molecule has 2 unspecified atom stereocenters. The largest absolute Gasteiger partial charge is 0.426 e. The zero-order chi connectivity index (χ0) is 43.9. The van der Waals surface area contributed by atoms with E-state index >= 15 is 0 Å². The molecule has 2 aliphatic rings. The number of amides is 2. The summed E-state index contributed by atoms with van der Waals surface area (Å²) in [7, 11) is 12.3. The standard InChI is InChI=1S/C23H25F2NO3S2.C22H23F2NO3S2/c1-26(2)23(28)19-13-15(18-9-8-16(24)14-20(18)25)7-10-21(19)29-22(27)6-4-3-5-17-11-12-30-31-17;1-25-22(27)18-12-14(17-8-7-15(23)13-19(17)24)6-9-20(18)28-21(26)5-3-2-4-16-10-11-29-30-16/h7-10,13-14,17H,3-6,11-12H2,1-2H3;6-9,12-13,16H,2-5,10-11H2,1H3,(H,25,27). The van der Waals surface area contributed by atoms with Gasteiger partial charge < -0.3 is 19.7 Å². The quantitative estimate of drug-likeness (QED) is 0.0384. The molecule has 1 N–H and O–H groups in total. The molecule has 2 aliphatic heterocycles. The Morgan fingerprint density at radius 3 is 1.51 bits per heavy atom. The first kappa shape index (κ1) is 47.9. The Balaban J connectivity index is 0.000000231. The summed E-state index contributed by atoms with van der Waals surface area (Å²) in [5.41, 5.74) is 1.37.